The molecule has 0 aliphatic carbocycles. The molecule has 0 saturated heterocycles. The maximum atomic E-state index is 5.25. The third-order valence-corrected chi connectivity index (χ3v) is 3.20. The van der Waals surface area contributed by atoms with Gasteiger partial charge in [0.25, 0.3) is 5.89 Å². The number of benzene rings is 1. The third-order valence-electron chi connectivity index (χ3n) is 3.20. The molecule has 0 spiro atoms. The van der Waals surface area contributed by atoms with E-state index in [1.165, 1.54) is 5.69 Å². The van der Waals surface area contributed by atoms with E-state index >= 15 is 0 Å². The Labute approximate surface area is 117 Å². The van der Waals surface area contributed by atoms with Crippen molar-refractivity contribution in [1.82, 2.24) is 14.7 Å². The molecule has 0 radical (unpaired) electrons. The van der Waals surface area contributed by atoms with Gasteiger partial charge in [0, 0.05) is 24.6 Å². The first-order valence-electron chi connectivity index (χ1n) is 6.48. The van der Waals surface area contributed by atoms with Crippen LogP contribution in [0.25, 0.3) is 11.5 Å². The van der Waals surface area contributed by atoms with Gasteiger partial charge in [-0.2, -0.15) is 4.98 Å². The van der Waals surface area contributed by atoms with E-state index in [1.807, 2.05) is 50.5 Å². The lowest BCUT2D eigenvalue weighted by Gasteiger charge is -2.10. The summed E-state index contributed by atoms with van der Waals surface area (Å²) in [6, 6.07) is 12.1. The van der Waals surface area contributed by atoms with Gasteiger partial charge >= 0.3 is 0 Å². The number of aromatic nitrogens is 3. The lowest BCUT2D eigenvalue weighted by molar-refractivity contribution is 0.426. The zero-order valence-electron chi connectivity index (χ0n) is 11.5. The Kier molecular flexibility index (Phi) is 3.25. The van der Waals surface area contributed by atoms with E-state index in [4.69, 9.17) is 4.52 Å². The molecular formula is C15H16N4O. The Balaban J connectivity index is 1.85. The van der Waals surface area contributed by atoms with Crippen LogP contribution in [0.1, 0.15) is 11.5 Å². The number of hydrogen-bond donors (Lipinski definition) is 1. The topological polar surface area (TPSA) is 55.9 Å². The molecule has 0 amide bonds. The molecule has 0 bridgehead atoms. The molecule has 5 heteroatoms. The lowest BCUT2D eigenvalue weighted by Crippen LogP contribution is -2.04. The molecule has 0 atom stereocenters. The summed E-state index contributed by atoms with van der Waals surface area (Å²) in [5, 5.41) is 7.26. The maximum Gasteiger partial charge on any atom is 0.260 e. The van der Waals surface area contributed by atoms with Crippen molar-refractivity contribution >= 4 is 5.69 Å². The molecule has 0 fully saturated rings. The van der Waals surface area contributed by atoms with Crippen LogP contribution in [0.15, 0.2) is 47.1 Å². The summed E-state index contributed by atoms with van der Waals surface area (Å²) in [6.45, 7) is 2.56. The fraction of sp³-hybridized carbons (Fsp3) is 0.200. The Hall–Kier alpha value is -2.56. The van der Waals surface area contributed by atoms with Crippen LogP contribution in [-0.4, -0.2) is 14.7 Å². The number of anilines is 1. The van der Waals surface area contributed by atoms with E-state index in [0.29, 0.717) is 11.7 Å². The Bertz CT molecular complexity index is 714. The van der Waals surface area contributed by atoms with Crippen molar-refractivity contribution in [2.45, 2.75) is 13.5 Å². The van der Waals surface area contributed by atoms with Gasteiger partial charge in [0.15, 0.2) is 5.82 Å². The van der Waals surface area contributed by atoms with E-state index in [-0.39, 0.29) is 0 Å². The standard InChI is InChI=1S/C15H16N4O/c1-11-17-15(20-18-11)13-7-3-4-8-14(13)16-10-12-6-5-9-19(12)2/h3-9,16H,10H2,1-2H3. The predicted octanol–water partition coefficient (Wildman–Crippen LogP) is 3.00. The molecule has 102 valence electrons. The van der Waals surface area contributed by atoms with Crippen LogP contribution < -0.4 is 5.32 Å². The van der Waals surface area contributed by atoms with E-state index in [0.717, 1.165) is 17.8 Å². The van der Waals surface area contributed by atoms with Gasteiger partial charge in [0.1, 0.15) is 0 Å². The zero-order chi connectivity index (χ0) is 13.9. The Morgan fingerprint density at radius 1 is 1.20 bits per heavy atom. The van der Waals surface area contributed by atoms with Gasteiger partial charge in [-0.1, -0.05) is 17.3 Å². The fourth-order valence-corrected chi connectivity index (χ4v) is 2.10. The van der Waals surface area contributed by atoms with E-state index in [1.54, 1.807) is 0 Å². The molecule has 3 rings (SSSR count). The highest BCUT2D eigenvalue weighted by atomic mass is 16.5. The molecule has 0 unspecified atom stereocenters. The van der Waals surface area contributed by atoms with Crippen LogP contribution in [0.3, 0.4) is 0 Å². The van der Waals surface area contributed by atoms with Crippen molar-refractivity contribution < 1.29 is 4.52 Å². The molecule has 1 N–H and O–H groups in total. The molecule has 0 aliphatic rings. The summed E-state index contributed by atoms with van der Waals surface area (Å²) in [6.07, 6.45) is 2.03. The van der Waals surface area contributed by atoms with Crippen molar-refractivity contribution in [3.63, 3.8) is 0 Å². The van der Waals surface area contributed by atoms with Crippen molar-refractivity contribution in [2.24, 2.45) is 7.05 Å². The predicted molar refractivity (Wildman–Crippen MR) is 77.2 cm³/mol. The molecule has 2 heterocycles. The normalized spacial score (nSPS) is 10.7. The van der Waals surface area contributed by atoms with Gasteiger partial charge in [0.05, 0.1) is 12.1 Å². The van der Waals surface area contributed by atoms with Crippen LogP contribution >= 0.6 is 0 Å². The fourth-order valence-electron chi connectivity index (χ4n) is 2.10. The Morgan fingerprint density at radius 2 is 2.05 bits per heavy atom. The number of rotatable bonds is 4. The van der Waals surface area contributed by atoms with Gasteiger partial charge in [0.2, 0.25) is 0 Å². The maximum absolute atomic E-state index is 5.25. The second kappa shape index (κ2) is 5.21. The van der Waals surface area contributed by atoms with Crippen LogP contribution in [0.4, 0.5) is 5.69 Å². The summed E-state index contributed by atoms with van der Waals surface area (Å²) in [4.78, 5) is 4.28. The smallest absolute Gasteiger partial charge is 0.260 e. The molecule has 2 aromatic heterocycles. The monoisotopic (exact) mass is 268 g/mol. The minimum atomic E-state index is 0.539. The van der Waals surface area contributed by atoms with Crippen LogP contribution in [0, 0.1) is 6.92 Å². The first kappa shape index (κ1) is 12.5. The van der Waals surface area contributed by atoms with Gasteiger partial charge in [-0.25, -0.2) is 0 Å². The van der Waals surface area contributed by atoms with Gasteiger partial charge in [-0.3, -0.25) is 0 Å². The Morgan fingerprint density at radius 3 is 2.75 bits per heavy atom. The molecule has 3 aromatic rings. The van der Waals surface area contributed by atoms with Crippen molar-refractivity contribution in [1.29, 1.82) is 0 Å². The summed E-state index contributed by atoms with van der Waals surface area (Å²) >= 11 is 0. The minimum Gasteiger partial charge on any atom is -0.379 e. The summed E-state index contributed by atoms with van der Waals surface area (Å²) in [5.41, 5.74) is 3.11. The molecule has 1 aromatic carbocycles. The lowest BCUT2D eigenvalue weighted by atomic mass is 10.1. The quantitative estimate of drug-likeness (QED) is 0.790. The summed E-state index contributed by atoms with van der Waals surface area (Å²) in [7, 11) is 2.03. The molecule has 0 aliphatic heterocycles. The van der Waals surface area contributed by atoms with Crippen molar-refractivity contribution in [3.8, 4) is 11.5 Å². The third kappa shape index (κ3) is 2.42. The molecule has 0 saturated carbocycles. The average Bonchev–Trinajstić information content (AvgIpc) is 3.06. The SMILES string of the molecule is Cc1noc(-c2ccccc2NCc2cccn2C)n1. The highest BCUT2D eigenvalue weighted by Gasteiger charge is 2.11. The van der Waals surface area contributed by atoms with E-state index in [2.05, 4.69) is 26.1 Å². The number of aryl methyl sites for hydroxylation is 2. The number of nitrogens with zero attached hydrogens (tertiary/aromatic N) is 3. The molecule has 20 heavy (non-hydrogen) atoms. The second-order valence-corrected chi connectivity index (χ2v) is 4.66. The van der Waals surface area contributed by atoms with Crippen molar-refractivity contribution in [3.05, 3.63) is 54.1 Å². The molecular weight excluding hydrogens is 252 g/mol. The average molecular weight is 268 g/mol. The van der Waals surface area contributed by atoms with Gasteiger partial charge in [-0.05, 0) is 31.2 Å². The van der Waals surface area contributed by atoms with E-state index < -0.39 is 0 Å². The van der Waals surface area contributed by atoms with Crippen LogP contribution in [-0.2, 0) is 13.6 Å². The summed E-state index contributed by atoms with van der Waals surface area (Å²) in [5.74, 6) is 1.18. The van der Waals surface area contributed by atoms with Crippen LogP contribution in [0.2, 0.25) is 0 Å². The number of para-hydroxylation sites is 1. The van der Waals surface area contributed by atoms with Crippen molar-refractivity contribution in [2.75, 3.05) is 5.32 Å². The highest BCUT2D eigenvalue weighted by molar-refractivity contribution is 5.72. The largest absolute Gasteiger partial charge is 0.379 e. The first-order chi connectivity index (χ1) is 9.74. The van der Waals surface area contributed by atoms with Gasteiger partial charge < -0.3 is 14.4 Å². The van der Waals surface area contributed by atoms with E-state index in [9.17, 15) is 0 Å². The van der Waals surface area contributed by atoms with Crippen LogP contribution in [0.5, 0.6) is 0 Å². The number of hydrogen-bond acceptors (Lipinski definition) is 4. The highest BCUT2D eigenvalue weighted by Crippen LogP contribution is 2.26. The second-order valence-electron chi connectivity index (χ2n) is 4.66. The minimum absolute atomic E-state index is 0.539. The summed E-state index contributed by atoms with van der Waals surface area (Å²) < 4.78 is 7.34. The molecule has 5 nitrogen and oxygen atoms in total. The first-order valence-corrected chi connectivity index (χ1v) is 6.48. The number of nitrogens with one attached hydrogen (secondary N) is 1. The van der Waals surface area contributed by atoms with Gasteiger partial charge in [-0.15, -0.1) is 0 Å². The zero-order valence-corrected chi connectivity index (χ0v) is 11.5.